The Morgan fingerprint density at radius 3 is 2.82 bits per heavy atom. The first kappa shape index (κ1) is 21.4. The second-order valence-electron chi connectivity index (χ2n) is 7.23. The van der Waals surface area contributed by atoms with Crippen LogP contribution in [-0.4, -0.2) is 24.6 Å². The molecular formula is C23H13N5O4S2. The Morgan fingerprint density at radius 2 is 2.06 bits per heavy atom. The van der Waals surface area contributed by atoms with Crippen molar-refractivity contribution >= 4 is 54.4 Å². The van der Waals surface area contributed by atoms with Gasteiger partial charge in [0.05, 0.1) is 33.4 Å². The fourth-order valence-corrected chi connectivity index (χ4v) is 5.42. The van der Waals surface area contributed by atoms with Gasteiger partial charge in [-0.15, -0.1) is 22.7 Å². The van der Waals surface area contributed by atoms with Crippen LogP contribution < -0.4 is 5.56 Å². The van der Waals surface area contributed by atoms with E-state index in [-0.39, 0.29) is 23.6 Å². The highest BCUT2D eigenvalue weighted by Gasteiger charge is 2.18. The van der Waals surface area contributed by atoms with Crippen molar-refractivity contribution in [3.05, 3.63) is 91.5 Å². The molecule has 5 aromatic rings. The van der Waals surface area contributed by atoms with E-state index >= 15 is 0 Å². The zero-order valence-electron chi connectivity index (χ0n) is 17.2. The number of nitrogens with zero attached hydrogens (tertiary/aromatic N) is 5. The molecule has 3 aromatic heterocycles. The van der Waals surface area contributed by atoms with Crippen molar-refractivity contribution in [2.24, 2.45) is 0 Å². The molecule has 9 nitrogen and oxygen atoms in total. The van der Waals surface area contributed by atoms with Crippen LogP contribution in [0.2, 0.25) is 0 Å². The summed E-state index contributed by atoms with van der Waals surface area (Å²) in [5.74, 6) is -0.308. The summed E-state index contributed by atoms with van der Waals surface area (Å²) in [5, 5.41) is 33.9. The van der Waals surface area contributed by atoms with E-state index < -0.39 is 10.5 Å². The maximum Gasteiger partial charge on any atom is 0.270 e. The van der Waals surface area contributed by atoms with E-state index in [9.17, 15) is 25.3 Å². The molecule has 0 saturated heterocycles. The molecule has 0 aliphatic carbocycles. The van der Waals surface area contributed by atoms with E-state index in [1.807, 2.05) is 30.3 Å². The number of aromatic nitrogens is 3. The minimum atomic E-state index is -0.497. The molecule has 0 fully saturated rings. The van der Waals surface area contributed by atoms with Gasteiger partial charge in [0.25, 0.3) is 11.2 Å². The number of nitro benzene ring substituents is 1. The molecule has 3 heterocycles. The van der Waals surface area contributed by atoms with Crippen molar-refractivity contribution in [3.8, 4) is 17.2 Å². The molecule has 0 atom stereocenters. The van der Waals surface area contributed by atoms with Crippen LogP contribution >= 0.6 is 22.7 Å². The molecule has 2 aromatic carbocycles. The predicted molar refractivity (Wildman–Crippen MR) is 131 cm³/mol. The predicted octanol–water partition coefficient (Wildman–Crippen LogP) is 5.14. The minimum Gasteiger partial charge on any atom is -0.509 e. The number of hydrogen-bond donors (Lipinski definition) is 1. The van der Waals surface area contributed by atoms with Gasteiger partial charge in [-0.2, -0.15) is 5.26 Å². The molecular weight excluding hydrogens is 474 g/mol. The van der Waals surface area contributed by atoms with Gasteiger partial charge in [0, 0.05) is 23.1 Å². The Balaban J connectivity index is 1.58. The van der Waals surface area contributed by atoms with Gasteiger partial charge < -0.3 is 5.11 Å². The number of non-ortho nitro benzene ring substituents is 1. The van der Waals surface area contributed by atoms with Crippen LogP contribution in [0.25, 0.3) is 37.1 Å². The highest BCUT2D eigenvalue weighted by Crippen LogP contribution is 2.33. The number of nitriles is 1. The second-order valence-corrected chi connectivity index (χ2v) is 9.12. The lowest BCUT2D eigenvalue weighted by Crippen LogP contribution is -2.21. The molecule has 0 amide bonds. The molecule has 0 aliphatic rings. The van der Waals surface area contributed by atoms with Crippen molar-refractivity contribution in [1.82, 2.24) is 14.5 Å². The van der Waals surface area contributed by atoms with E-state index in [2.05, 4.69) is 9.97 Å². The van der Waals surface area contributed by atoms with Gasteiger partial charge in [0.2, 0.25) is 0 Å². The number of nitro groups is 1. The maximum absolute atomic E-state index is 13.3. The van der Waals surface area contributed by atoms with Crippen molar-refractivity contribution in [2.45, 2.75) is 6.54 Å². The first-order valence-corrected chi connectivity index (χ1v) is 11.6. The molecule has 0 aliphatic heterocycles. The topological polar surface area (TPSA) is 135 Å². The fourth-order valence-electron chi connectivity index (χ4n) is 3.53. The van der Waals surface area contributed by atoms with Crippen LogP contribution in [0.3, 0.4) is 0 Å². The Labute approximate surface area is 199 Å². The number of allylic oxidation sites excluding steroid dienone is 2. The molecule has 0 spiro atoms. The Bertz CT molecular complexity index is 1690. The van der Waals surface area contributed by atoms with E-state index in [4.69, 9.17) is 0 Å². The fraction of sp³-hybridized carbons (Fsp3) is 0.0435. The number of para-hydroxylation sites is 1. The highest BCUT2D eigenvalue weighted by molar-refractivity contribution is 7.19. The Morgan fingerprint density at radius 1 is 1.24 bits per heavy atom. The number of hydrogen-bond acceptors (Lipinski definition) is 9. The average Bonchev–Trinajstić information content (AvgIpc) is 3.46. The monoisotopic (exact) mass is 487 g/mol. The molecule has 0 saturated carbocycles. The summed E-state index contributed by atoms with van der Waals surface area (Å²) in [6, 6.07) is 15.4. The molecule has 166 valence electrons. The zero-order valence-corrected chi connectivity index (χ0v) is 18.8. The van der Waals surface area contributed by atoms with Crippen molar-refractivity contribution < 1.29 is 10.0 Å². The number of benzene rings is 2. The summed E-state index contributed by atoms with van der Waals surface area (Å²) in [6.45, 7) is -0.273. The minimum absolute atomic E-state index is 0.0163. The molecule has 0 bridgehead atoms. The normalized spacial score (nSPS) is 12.0. The highest BCUT2D eigenvalue weighted by atomic mass is 32.1. The Hall–Kier alpha value is -4.40. The number of aliphatic hydroxyl groups excluding tert-OH is 1. The van der Waals surface area contributed by atoms with Crippen molar-refractivity contribution in [3.63, 3.8) is 0 Å². The summed E-state index contributed by atoms with van der Waals surface area (Å²) in [7, 11) is 0. The van der Waals surface area contributed by atoms with E-state index in [1.54, 1.807) is 17.5 Å². The third-order valence-corrected chi connectivity index (χ3v) is 7.10. The molecule has 0 unspecified atom stereocenters. The van der Waals surface area contributed by atoms with Gasteiger partial charge >= 0.3 is 0 Å². The standard InChI is InChI=1S/C23H13N5O4S2/c24-9-15(21-26-17-6-1-2-7-19(17)34-21)18(29)10-27-12-25-22-20(23(27)30)16(11-33-22)13-4-3-5-14(8-13)28(31)32/h1-8,11-12,29H,10H2/b18-15-. The quantitative estimate of drug-likeness (QED) is 0.157. The molecule has 1 N–H and O–H groups in total. The molecule has 34 heavy (non-hydrogen) atoms. The number of rotatable bonds is 5. The number of thiophene rings is 1. The van der Waals surface area contributed by atoms with Crippen LogP contribution in [0.4, 0.5) is 5.69 Å². The SMILES string of the molecule is N#C/C(=C(/O)Cn1cnc2scc(-c3cccc([N+](=O)[O-])c3)c2c1=O)c1nc2ccccc2s1. The van der Waals surface area contributed by atoms with Crippen LogP contribution in [-0.2, 0) is 6.54 Å². The number of fused-ring (bicyclic) bond motifs is 2. The van der Waals surface area contributed by atoms with Gasteiger partial charge in [0.1, 0.15) is 27.2 Å². The molecule has 5 rings (SSSR count). The summed E-state index contributed by atoms with van der Waals surface area (Å²) < 4.78 is 2.08. The van der Waals surface area contributed by atoms with Crippen molar-refractivity contribution in [2.75, 3.05) is 0 Å². The van der Waals surface area contributed by atoms with Gasteiger partial charge in [-0.1, -0.05) is 24.3 Å². The van der Waals surface area contributed by atoms with Gasteiger partial charge in [-0.25, -0.2) is 9.97 Å². The van der Waals surface area contributed by atoms with Gasteiger partial charge in [-0.05, 0) is 17.7 Å². The Kier molecular flexibility index (Phi) is 5.37. The lowest BCUT2D eigenvalue weighted by Gasteiger charge is -2.07. The van der Waals surface area contributed by atoms with E-state index in [0.717, 1.165) is 4.70 Å². The van der Waals surface area contributed by atoms with Crippen LogP contribution in [0, 0.1) is 21.4 Å². The first-order valence-electron chi connectivity index (χ1n) is 9.86. The lowest BCUT2D eigenvalue weighted by molar-refractivity contribution is -0.384. The lowest BCUT2D eigenvalue weighted by atomic mass is 10.1. The third-order valence-electron chi connectivity index (χ3n) is 5.16. The van der Waals surface area contributed by atoms with Crippen molar-refractivity contribution in [1.29, 1.82) is 5.26 Å². The second kappa shape index (κ2) is 8.51. The molecule has 0 radical (unpaired) electrons. The summed E-state index contributed by atoms with van der Waals surface area (Å²) in [4.78, 5) is 33.1. The average molecular weight is 488 g/mol. The van der Waals surface area contributed by atoms with E-state index in [0.29, 0.717) is 31.9 Å². The smallest absolute Gasteiger partial charge is 0.270 e. The first-order chi connectivity index (χ1) is 16.5. The number of thiazole rings is 1. The largest absolute Gasteiger partial charge is 0.509 e. The van der Waals surface area contributed by atoms with E-state index in [1.165, 1.54) is 45.7 Å². The zero-order chi connectivity index (χ0) is 23.8. The summed E-state index contributed by atoms with van der Waals surface area (Å²) >= 11 is 2.52. The van der Waals surface area contributed by atoms with Gasteiger partial charge in [0.15, 0.2) is 0 Å². The van der Waals surface area contributed by atoms with Gasteiger partial charge in [-0.3, -0.25) is 19.5 Å². The summed E-state index contributed by atoms with van der Waals surface area (Å²) in [6.07, 6.45) is 1.31. The van der Waals surface area contributed by atoms with Crippen LogP contribution in [0.15, 0.2) is 70.8 Å². The summed E-state index contributed by atoms with van der Waals surface area (Å²) in [5.41, 5.74) is 1.22. The third kappa shape index (κ3) is 3.71. The molecule has 11 heteroatoms. The number of aliphatic hydroxyl groups is 1. The van der Waals surface area contributed by atoms with Crippen LogP contribution in [0.5, 0.6) is 0 Å². The van der Waals surface area contributed by atoms with Crippen LogP contribution in [0.1, 0.15) is 5.01 Å². The maximum atomic E-state index is 13.3.